The summed E-state index contributed by atoms with van der Waals surface area (Å²) in [5, 5.41) is 0. The van der Waals surface area contributed by atoms with Crippen molar-refractivity contribution < 1.29 is 0 Å². The molecule has 2 heteroatoms. The number of rotatable bonds is 2. The lowest BCUT2D eigenvalue weighted by atomic mass is 9.93. The van der Waals surface area contributed by atoms with Gasteiger partial charge in [0, 0.05) is 6.20 Å². The Morgan fingerprint density at radius 1 is 1.42 bits per heavy atom. The summed E-state index contributed by atoms with van der Waals surface area (Å²) >= 11 is 6.33. The minimum Gasteiger partial charge on any atom is -0.259 e. The minimum atomic E-state index is -0.346. The van der Waals surface area contributed by atoms with Gasteiger partial charge in [-0.05, 0) is 25.0 Å². The molecule has 1 aromatic rings. The van der Waals surface area contributed by atoms with E-state index in [2.05, 4.69) is 18.8 Å². The summed E-state index contributed by atoms with van der Waals surface area (Å²) in [5.74, 6) is 0.383. The molecular weight excluding hydrogens is 170 g/mol. The lowest BCUT2D eigenvalue weighted by Crippen LogP contribution is -2.22. The first kappa shape index (κ1) is 9.53. The van der Waals surface area contributed by atoms with E-state index in [1.54, 1.807) is 6.20 Å². The summed E-state index contributed by atoms with van der Waals surface area (Å²) in [6, 6.07) is 5.83. The first-order valence-corrected chi connectivity index (χ1v) is 4.53. The second-order valence-electron chi connectivity index (χ2n) is 3.45. The second kappa shape index (κ2) is 3.44. The molecule has 0 N–H and O–H groups in total. The molecule has 0 spiro atoms. The largest absolute Gasteiger partial charge is 0.259 e. The first-order chi connectivity index (χ1) is 5.55. The third-order valence-corrected chi connectivity index (χ3v) is 2.88. The number of aromatic nitrogens is 1. The molecule has 1 aromatic heterocycles. The zero-order chi connectivity index (χ0) is 9.19. The fourth-order valence-corrected chi connectivity index (χ4v) is 1.06. The fraction of sp³-hybridized carbons (Fsp3) is 0.500. The number of hydrogen-bond acceptors (Lipinski definition) is 1. The maximum atomic E-state index is 6.33. The molecule has 0 fully saturated rings. The van der Waals surface area contributed by atoms with E-state index >= 15 is 0 Å². The van der Waals surface area contributed by atoms with Crippen molar-refractivity contribution in [3.05, 3.63) is 30.1 Å². The molecule has 1 nitrogen and oxygen atoms in total. The Morgan fingerprint density at radius 2 is 2.08 bits per heavy atom. The molecule has 0 aliphatic rings. The Morgan fingerprint density at radius 3 is 2.50 bits per heavy atom. The quantitative estimate of drug-likeness (QED) is 0.642. The average Bonchev–Trinajstić information content (AvgIpc) is 2.06. The molecule has 0 aliphatic carbocycles. The third kappa shape index (κ3) is 1.78. The molecule has 66 valence electrons. The maximum Gasteiger partial charge on any atom is 0.0860 e. The Balaban J connectivity index is 2.98. The lowest BCUT2D eigenvalue weighted by molar-refractivity contribution is 0.464. The Kier molecular flexibility index (Phi) is 2.73. The van der Waals surface area contributed by atoms with Crippen LogP contribution in [0.2, 0.25) is 0 Å². The molecule has 0 radical (unpaired) electrons. The van der Waals surface area contributed by atoms with Gasteiger partial charge in [0.1, 0.15) is 0 Å². The molecule has 12 heavy (non-hydrogen) atoms. The third-order valence-electron chi connectivity index (χ3n) is 2.25. The first-order valence-electron chi connectivity index (χ1n) is 4.15. The molecule has 1 rings (SSSR count). The summed E-state index contributed by atoms with van der Waals surface area (Å²) in [7, 11) is 0. The SMILES string of the molecule is CC(C)C(C)(Cl)c1ccccn1. The van der Waals surface area contributed by atoms with Crippen LogP contribution >= 0.6 is 11.6 Å². The summed E-state index contributed by atoms with van der Waals surface area (Å²) in [6.45, 7) is 6.20. The van der Waals surface area contributed by atoms with Gasteiger partial charge in [-0.2, -0.15) is 0 Å². The van der Waals surface area contributed by atoms with E-state index in [1.807, 2.05) is 25.1 Å². The van der Waals surface area contributed by atoms with E-state index in [1.165, 1.54) is 0 Å². The van der Waals surface area contributed by atoms with E-state index in [9.17, 15) is 0 Å². The van der Waals surface area contributed by atoms with Crippen molar-refractivity contribution in [2.24, 2.45) is 5.92 Å². The van der Waals surface area contributed by atoms with Crippen LogP contribution in [-0.2, 0) is 4.87 Å². The standard InChI is InChI=1S/C10H14ClN/c1-8(2)10(3,11)9-6-4-5-7-12-9/h4-8H,1-3H3. The van der Waals surface area contributed by atoms with Crippen LogP contribution < -0.4 is 0 Å². The van der Waals surface area contributed by atoms with Gasteiger partial charge < -0.3 is 0 Å². The summed E-state index contributed by atoms with van der Waals surface area (Å²) in [4.78, 5) is 3.89. The van der Waals surface area contributed by atoms with Crippen molar-refractivity contribution >= 4 is 11.6 Å². The van der Waals surface area contributed by atoms with Gasteiger partial charge in [0.15, 0.2) is 0 Å². The molecule has 0 saturated heterocycles. The molecule has 1 unspecified atom stereocenters. The van der Waals surface area contributed by atoms with Gasteiger partial charge in [0.2, 0.25) is 0 Å². The molecule has 0 bridgehead atoms. The van der Waals surface area contributed by atoms with Gasteiger partial charge in [-0.25, -0.2) is 0 Å². The molecule has 1 atom stereocenters. The molecule has 0 aromatic carbocycles. The highest BCUT2D eigenvalue weighted by Gasteiger charge is 2.28. The topological polar surface area (TPSA) is 12.9 Å². The minimum absolute atomic E-state index is 0.346. The monoisotopic (exact) mass is 183 g/mol. The highest BCUT2D eigenvalue weighted by molar-refractivity contribution is 6.23. The number of pyridine rings is 1. The number of alkyl halides is 1. The van der Waals surface area contributed by atoms with Crippen LogP contribution in [0.4, 0.5) is 0 Å². The smallest absolute Gasteiger partial charge is 0.0860 e. The number of hydrogen-bond donors (Lipinski definition) is 0. The van der Waals surface area contributed by atoms with Crippen molar-refractivity contribution in [2.45, 2.75) is 25.6 Å². The van der Waals surface area contributed by atoms with E-state index in [-0.39, 0.29) is 4.87 Å². The van der Waals surface area contributed by atoms with Crippen LogP contribution in [0.15, 0.2) is 24.4 Å². The summed E-state index contributed by atoms with van der Waals surface area (Å²) in [5.41, 5.74) is 0.946. The van der Waals surface area contributed by atoms with Crippen LogP contribution in [0.3, 0.4) is 0 Å². The fourth-order valence-electron chi connectivity index (χ4n) is 0.948. The van der Waals surface area contributed by atoms with E-state index < -0.39 is 0 Å². The Bertz CT molecular complexity index is 241. The summed E-state index contributed by atoms with van der Waals surface area (Å²) in [6.07, 6.45) is 1.78. The second-order valence-corrected chi connectivity index (χ2v) is 4.23. The van der Waals surface area contributed by atoms with Gasteiger partial charge in [0.05, 0.1) is 10.6 Å². The summed E-state index contributed by atoms with van der Waals surface area (Å²) < 4.78 is 0. The predicted molar refractivity (Wildman–Crippen MR) is 52.3 cm³/mol. The van der Waals surface area contributed by atoms with E-state index in [0.717, 1.165) is 5.69 Å². The molecule has 1 heterocycles. The molecule has 0 aliphatic heterocycles. The van der Waals surface area contributed by atoms with Crippen molar-refractivity contribution in [2.75, 3.05) is 0 Å². The van der Waals surface area contributed by atoms with Crippen molar-refractivity contribution in [3.8, 4) is 0 Å². The Labute approximate surface area is 78.8 Å². The molecular formula is C10H14ClN. The van der Waals surface area contributed by atoms with Crippen LogP contribution in [0.25, 0.3) is 0 Å². The van der Waals surface area contributed by atoms with E-state index in [4.69, 9.17) is 11.6 Å². The van der Waals surface area contributed by atoms with E-state index in [0.29, 0.717) is 5.92 Å². The highest BCUT2D eigenvalue weighted by Crippen LogP contribution is 2.34. The molecule has 0 saturated carbocycles. The zero-order valence-electron chi connectivity index (χ0n) is 7.71. The van der Waals surface area contributed by atoms with Crippen LogP contribution in [0.5, 0.6) is 0 Å². The normalized spacial score (nSPS) is 16.1. The number of nitrogens with zero attached hydrogens (tertiary/aromatic N) is 1. The number of halogens is 1. The van der Waals surface area contributed by atoms with Crippen LogP contribution in [-0.4, -0.2) is 4.98 Å². The van der Waals surface area contributed by atoms with Gasteiger partial charge in [-0.15, -0.1) is 11.6 Å². The predicted octanol–water partition coefficient (Wildman–Crippen LogP) is 3.19. The van der Waals surface area contributed by atoms with Crippen molar-refractivity contribution in [1.29, 1.82) is 0 Å². The van der Waals surface area contributed by atoms with Crippen LogP contribution in [0, 0.1) is 5.92 Å². The average molecular weight is 184 g/mol. The van der Waals surface area contributed by atoms with Gasteiger partial charge in [-0.3, -0.25) is 4.98 Å². The van der Waals surface area contributed by atoms with Crippen molar-refractivity contribution in [1.82, 2.24) is 4.98 Å². The molecule has 0 amide bonds. The van der Waals surface area contributed by atoms with Crippen molar-refractivity contribution in [3.63, 3.8) is 0 Å². The lowest BCUT2D eigenvalue weighted by Gasteiger charge is -2.25. The van der Waals surface area contributed by atoms with Gasteiger partial charge in [-0.1, -0.05) is 19.9 Å². The van der Waals surface area contributed by atoms with Crippen LogP contribution in [0.1, 0.15) is 26.5 Å². The Hall–Kier alpha value is -0.560. The van der Waals surface area contributed by atoms with Gasteiger partial charge >= 0.3 is 0 Å². The van der Waals surface area contributed by atoms with Gasteiger partial charge in [0.25, 0.3) is 0 Å². The maximum absolute atomic E-state index is 6.33. The zero-order valence-corrected chi connectivity index (χ0v) is 8.47. The highest BCUT2D eigenvalue weighted by atomic mass is 35.5.